The molecule has 0 atom stereocenters. The average molecular weight is 443 g/mol. The number of nitrogens with zero attached hydrogens (tertiary/aromatic N) is 3. The van der Waals surface area contributed by atoms with E-state index in [2.05, 4.69) is 27.2 Å². The fourth-order valence-electron chi connectivity index (χ4n) is 3.67. The first-order valence-corrected chi connectivity index (χ1v) is 10.7. The van der Waals surface area contributed by atoms with Crippen molar-refractivity contribution in [2.45, 2.75) is 12.8 Å². The Hall–Kier alpha value is -2.77. The average Bonchev–Trinajstić information content (AvgIpc) is 2.79. The molecule has 0 unspecified atom stereocenters. The van der Waals surface area contributed by atoms with Crippen LogP contribution in [0.25, 0.3) is 10.9 Å². The van der Waals surface area contributed by atoms with Crippen LogP contribution in [0.2, 0.25) is 5.02 Å². The maximum absolute atomic E-state index is 6.33. The predicted molar refractivity (Wildman–Crippen MR) is 123 cm³/mol. The lowest BCUT2D eigenvalue weighted by Crippen LogP contribution is -2.32. The van der Waals surface area contributed by atoms with Gasteiger partial charge in [0.05, 0.1) is 31.1 Å². The molecule has 3 aromatic rings. The van der Waals surface area contributed by atoms with Crippen LogP contribution in [-0.2, 0) is 0 Å². The fraction of sp³-hybridized carbons (Fsp3) is 0.391. The van der Waals surface area contributed by atoms with Gasteiger partial charge in [-0.05, 0) is 57.1 Å². The van der Waals surface area contributed by atoms with Crippen LogP contribution in [0.5, 0.6) is 23.1 Å². The topological polar surface area (TPSA) is 68.7 Å². The van der Waals surface area contributed by atoms with Crippen molar-refractivity contribution in [1.82, 2.24) is 14.9 Å². The Kier molecular flexibility index (Phi) is 6.63. The number of pyridine rings is 2. The van der Waals surface area contributed by atoms with Crippen molar-refractivity contribution in [1.29, 1.82) is 0 Å². The van der Waals surface area contributed by atoms with Crippen LogP contribution < -0.4 is 19.5 Å². The zero-order chi connectivity index (χ0) is 21.8. The molecule has 1 aromatic carbocycles. The standard InChI is InChI=1S/C23H27ClN4O3/c1-25-16-10-18(24)23(27-13-16)31-20-4-7-26-19-12-22(21(29-3)11-17(19)20)30-14-15-5-8-28(2)9-6-15/h4,7,10-13,15,25H,5-6,8-9,14H2,1-3H3. The lowest BCUT2D eigenvalue weighted by atomic mass is 9.98. The number of ether oxygens (including phenoxy) is 3. The van der Waals surface area contributed by atoms with Crippen molar-refractivity contribution in [3.8, 4) is 23.1 Å². The zero-order valence-electron chi connectivity index (χ0n) is 18.0. The molecule has 1 aliphatic rings. The third-order valence-electron chi connectivity index (χ3n) is 5.60. The SMILES string of the molecule is CNc1cnc(Oc2ccnc3cc(OCC4CCN(C)CC4)c(OC)cc23)c(Cl)c1. The van der Waals surface area contributed by atoms with E-state index in [4.69, 9.17) is 25.8 Å². The molecule has 1 N–H and O–H groups in total. The van der Waals surface area contributed by atoms with Crippen molar-refractivity contribution < 1.29 is 14.2 Å². The molecule has 0 radical (unpaired) electrons. The van der Waals surface area contributed by atoms with Gasteiger partial charge in [0.15, 0.2) is 11.5 Å². The normalized spacial score (nSPS) is 15.1. The number of nitrogens with one attached hydrogen (secondary N) is 1. The third kappa shape index (κ3) is 4.94. The van der Waals surface area contributed by atoms with Crippen molar-refractivity contribution in [3.63, 3.8) is 0 Å². The minimum absolute atomic E-state index is 0.328. The predicted octanol–water partition coefficient (Wildman–Crippen LogP) is 4.85. The van der Waals surface area contributed by atoms with Gasteiger partial charge in [-0.15, -0.1) is 0 Å². The maximum atomic E-state index is 6.33. The van der Waals surface area contributed by atoms with Gasteiger partial charge in [0.25, 0.3) is 0 Å². The summed E-state index contributed by atoms with van der Waals surface area (Å²) in [7, 11) is 5.60. The third-order valence-corrected chi connectivity index (χ3v) is 5.87. The monoisotopic (exact) mass is 442 g/mol. The van der Waals surface area contributed by atoms with E-state index in [0.29, 0.717) is 40.7 Å². The molecule has 1 aliphatic heterocycles. The highest BCUT2D eigenvalue weighted by atomic mass is 35.5. The van der Waals surface area contributed by atoms with Crippen LogP contribution in [-0.4, -0.2) is 55.8 Å². The number of aromatic nitrogens is 2. The molecule has 0 saturated carbocycles. The summed E-state index contributed by atoms with van der Waals surface area (Å²) in [5.41, 5.74) is 1.56. The van der Waals surface area contributed by atoms with Gasteiger partial charge in [-0.1, -0.05) is 11.6 Å². The van der Waals surface area contributed by atoms with Gasteiger partial charge in [0.2, 0.25) is 5.88 Å². The summed E-state index contributed by atoms with van der Waals surface area (Å²) in [6, 6.07) is 7.33. The number of fused-ring (bicyclic) bond motifs is 1. The Morgan fingerprint density at radius 1 is 1.13 bits per heavy atom. The second-order valence-corrected chi connectivity index (χ2v) is 8.16. The van der Waals surface area contributed by atoms with Gasteiger partial charge >= 0.3 is 0 Å². The van der Waals surface area contributed by atoms with Crippen LogP contribution >= 0.6 is 11.6 Å². The second-order valence-electron chi connectivity index (χ2n) is 7.75. The molecule has 3 heterocycles. The molecule has 0 aliphatic carbocycles. The molecule has 0 bridgehead atoms. The number of rotatable bonds is 7. The van der Waals surface area contributed by atoms with E-state index in [1.54, 1.807) is 31.6 Å². The molecule has 0 spiro atoms. The Morgan fingerprint density at radius 2 is 1.94 bits per heavy atom. The first-order valence-electron chi connectivity index (χ1n) is 10.4. The smallest absolute Gasteiger partial charge is 0.238 e. The second kappa shape index (κ2) is 9.58. The highest BCUT2D eigenvalue weighted by Crippen LogP contribution is 2.38. The summed E-state index contributed by atoms with van der Waals surface area (Å²) in [6.45, 7) is 2.89. The van der Waals surface area contributed by atoms with Gasteiger partial charge in [0, 0.05) is 24.7 Å². The summed E-state index contributed by atoms with van der Waals surface area (Å²) in [6.07, 6.45) is 5.65. The molecule has 7 nitrogen and oxygen atoms in total. The number of anilines is 1. The quantitative estimate of drug-likeness (QED) is 0.561. The number of hydrogen-bond donors (Lipinski definition) is 1. The first kappa shape index (κ1) is 21.5. The highest BCUT2D eigenvalue weighted by Gasteiger charge is 2.19. The summed E-state index contributed by atoms with van der Waals surface area (Å²) >= 11 is 6.33. The molecule has 2 aromatic heterocycles. The van der Waals surface area contributed by atoms with Crippen molar-refractivity contribution in [2.75, 3.05) is 46.2 Å². The van der Waals surface area contributed by atoms with Gasteiger partial charge in [-0.2, -0.15) is 0 Å². The molecular formula is C23H27ClN4O3. The molecule has 164 valence electrons. The molecule has 8 heteroatoms. The van der Waals surface area contributed by atoms with Crippen LogP contribution in [0, 0.1) is 5.92 Å². The minimum Gasteiger partial charge on any atom is -0.493 e. The highest BCUT2D eigenvalue weighted by molar-refractivity contribution is 6.32. The Morgan fingerprint density at radius 3 is 2.65 bits per heavy atom. The Labute approximate surface area is 187 Å². The lowest BCUT2D eigenvalue weighted by Gasteiger charge is -2.28. The maximum Gasteiger partial charge on any atom is 0.238 e. The van der Waals surface area contributed by atoms with E-state index in [-0.39, 0.29) is 0 Å². The van der Waals surface area contributed by atoms with E-state index in [1.165, 1.54) is 0 Å². The van der Waals surface area contributed by atoms with Crippen LogP contribution in [0.1, 0.15) is 12.8 Å². The minimum atomic E-state index is 0.328. The number of methoxy groups -OCH3 is 1. The number of piperidine rings is 1. The van der Waals surface area contributed by atoms with E-state index in [0.717, 1.165) is 42.5 Å². The largest absolute Gasteiger partial charge is 0.493 e. The Balaban J connectivity index is 1.58. The van der Waals surface area contributed by atoms with Crippen molar-refractivity contribution >= 4 is 28.2 Å². The van der Waals surface area contributed by atoms with E-state index in [9.17, 15) is 0 Å². The van der Waals surface area contributed by atoms with Gasteiger partial charge in [-0.25, -0.2) is 4.98 Å². The molecule has 0 amide bonds. The number of likely N-dealkylation sites (tertiary alicyclic amines) is 1. The van der Waals surface area contributed by atoms with Crippen LogP contribution in [0.4, 0.5) is 5.69 Å². The van der Waals surface area contributed by atoms with Gasteiger partial charge < -0.3 is 24.4 Å². The molecular weight excluding hydrogens is 416 g/mol. The van der Waals surface area contributed by atoms with Crippen LogP contribution in [0.3, 0.4) is 0 Å². The van der Waals surface area contributed by atoms with Gasteiger partial charge in [-0.3, -0.25) is 4.98 Å². The molecule has 1 fully saturated rings. The summed E-state index contributed by atoms with van der Waals surface area (Å²) in [5.74, 6) is 2.80. The molecule has 1 saturated heterocycles. The summed E-state index contributed by atoms with van der Waals surface area (Å²) < 4.78 is 17.8. The molecule has 31 heavy (non-hydrogen) atoms. The zero-order valence-corrected chi connectivity index (χ0v) is 18.8. The lowest BCUT2D eigenvalue weighted by molar-refractivity contribution is 0.157. The number of benzene rings is 1. The van der Waals surface area contributed by atoms with E-state index in [1.807, 2.05) is 19.2 Å². The summed E-state index contributed by atoms with van der Waals surface area (Å²) in [4.78, 5) is 11.1. The molecule has 4 rings (SSSR count). The van der Waals surface area contributed by atoms with Gasteiger partial charge in [0.1, 0.15) is 10.8 Å². The van der Waals surface area contributed by atoms with Crippen molar-refractivity contribution in [2.24, 2.45) is 5.92 Å². The Bertz CT molecular complexity index is 1050. The van der Waals surface area contributed by atoms with Crippen LogP contribution in [0.15, 0.2) is 36.7 Å². The van der Waals surface area contributed by atoms with E-state index >= 15 is 0 Å². The number of halogens is 1. The fourth-order valence-corrected chi connectivity index (χ4v) is 3.87. The van der Waals surface area contributed by atoms with E-state index < -0.39 is 0 Å². The first-order chi connectivity index (χ1) is 15.1. The summed E-state index contributed by atoms with van der Waals surface area (Å²) in [5, 5.41) is 4.21. The van der Waals surface area contributed by atoms with Crippen molar-refractivity contribution in [3.05, 3.63) is 41.7 Å². The number of hydrogen-bond acceptors (Lipinski definition) is 7.